The van der Waals surface area contributed by atoms with Crippen molar-refractivity contribution in [2.45, 2.75) is 0 Å². The first-order chi connectivity index (χ1) is 13.6. The van der Waals surface area contributed by atoms with Crippen LogP contribution in [0.1, 0.15) is 15.9 Å². The molecule has 0 unspecified atom stereocenters. The van der Waals surface area contributed by atoms with Crippen molar-refractivity contribution < 1.29 is 14.3 Å². The molecule has 1 heterocycles. The first kappa shape index (κ1) is 18.9. The molecular formula is C21H20N4O3. The van der Waals surface area contributed by atoms with Gasteiger partial charge in [-0.25, -0.2) is 4.98 Å². The summed E-state index contributed by atoms with van der Waals surface area (Å²) in [6.45, 7) is 0. The number of carbonyl (C=O) groups is 1. The van der Waals surface area contributed by atoms with E-state index < -0.39 is 0 Å². The van der Waals surface area contributed by atoms with Gasteiger partial charge in [0.25, 0.3) is 5.91 Å². The van der Waals surface area contributed by atoms with Crippen molar-refractivity contribution in [3.05, 3.63) is 71.9 Å². The van der Waals surface area contributed by atoms with Crippen LogP contribution in [-0.4, -0.2) is 31.3 Å². The zero-order valence-corrected chi connectivity index (χ0v) is 15.5. The number of anilines is 2. The van der Waals surface area contributed by atoms with E-state index in [9.17, 15) is 4.79 Å². The van der Waals surface area contributed by atoms with Crippen LogP contribution >= 0.6 is 0 Å². The highest BCUT2D eigenvalue weighted by atomic mass is 16.5. The molecule has 0 aliphatic carbocycles. The van der Waals surface area contributed by atoms with Crippen molar-refractivity contribution in [1.29, 1.82) is 0 Å². The van der Waals surface area contributed by atoms with Gasteiger partial charge in [-0.3, -0.25) is 9.79 Å². The highest BCUT2D eigenvalue weighted by molar-refractivity contribution is 6.06. The molecule has 142 valence electrons. The van der Waals surface area contributed by atoms with Gasteiger partial charge in [0.15, 0.2) is 0 Å². The Morgan fingerprint density at radius 3 is 2.57 bits per heavy atom. The van der Waals surface area contributed by atoms with Crippen LogP contribution in [0.5, 0.6) is 11.5 Å². The van der Waals surface area contributed by atoms with Crippen molar-refractivity contribution in [2.75, 3.05) is 25.3 Å². The van der Waals surface area contributed by atoms with Gasteiger partial charge in [0, 0.05) is 24.2 Å². The SMILES string of the molecule is COc1ccc(C(=O)Nc2ccc(C=Nc3cccnc3N)cc2)c(OC)c1. The number of pyridine rings is 1. The molecule has 7 heteroatoms. The molecule has 0 bridgehead atoms. The van der Waals surface area contributed by atoms with E-state index in [-0.39, 0.29) is 5.91 Å². The summed E-state index contributed by atoms with van der Waals surface area (Å²) in [6.07, 6.45) is 3.30. The lowest BCUT2D eigenvalue weighted by molar-refractivity contribution is 0.102. The summed E-state index contributed by atoms with van der Waals surface area (Å²) in [5.41, 5.74) is 8.31. The molecule has 3 N–H and O–H groups in total. The Balaban J connectivity index is 1.70. The average molecular weight is 376 g/mol. The molecule has 1 aromatic heterocycles. The predicted octanol–water partition coefficient (Wildman–Crippen LogP) is 3.68. The third-order valence-corrected chi connectivity index (χ3v) is 3.99. The lowest BCUT2D eigenvalue weighted by Gasteiger charge is -2.11. The monoisotopic (exact) mass is 376 g/mol. The van der Waals surface area contributed by atoms with Crippen LogP contribution in [0.4, 0.5) is 17.2 Å². The lowest BCUT2D eigenvalue weighted by atomic mass is 10.1. The Morgan fingerprint density at radius 2 is 1.89 bits per heavy atom. The Labute approximate surface area is 162 Å². The Morgan fingerprint density at radius 1 is 1.11 bits per heavy atom. The van der Waals surface area contributed by atoms with Gasteiger partial charge < -0.3 is 20.5 Å². The van der Waals surface area contributed by atoms with E-state index >= 15 is 0 Å². The number of carbonyl (C=O) groups excluding carboxylic acids is 1. The number of amides is 1. The van der Waals surface area contributed by atoms with Crippen LogP contribution in [0.3, 0.4) is 0 Å². The van der Waals surface area contributed by atoms with Gasteiger partial charge in [-0.2, -0.15) is 0 Å². The van der Waals surface area contributed by atoms with Crippen LogP contribution in [0, 0.1) is 0 Å². The number of rotatable bonds is 6. The maximum Gasteiger partial charge on any atom is 0.259 e. The van der Waals surface area contributed by atoms with E-state index in [0.717, 1.165) is 5.56 Å². The second-order valence-electron chi connectivity index (χ2n) is 5.81. The highest BCUT2D eigenvalue weighted by Crippen LogP contribution is 2.25. The number of nitrogens with one attached hydrogen (secondary N) is 1. The van der Waals surface area contributed by atoms with Gasteiger partial charge in [0.1, 0.15) is 23.0 Å². The molecule has 0 aliphatic rings. The molecule has 0 atom stereocenters. The van der Waals surface area contributed by atoms with Gasteiger partial charge in [0.05, 0.1) is 19.8 Å². The molecule has 7 nitrogen and oxygen atoms in total. The average Bonchev–Trinajstić information content (AvgIpc) is 2.73. The molecule has 3 aromatic rings. The van der Waals surface area contributed by atoms with Crippen molar-refractivity contribution in [3.8, 4) is 11.5 Å². The fraction of sp³-hybridized carbons (Fsp3) is 0.0952. The molecule has 0 saturated carbocycles. The van der Waals surface area contributed by atoms with Crippen LogP contribution in [-0.2, 0) is 0 Å². The zero-order chi connectivity index (χ0) is 19.9. The summed E-state index contributed by atoms with van der Waals surface area (Å²) in [5.74, 6) is 1.15. The van der Waals surface area contributed by atoms with Gasteiger partial charge in [-0.05, 0) is 42.0 Å². The number of ether oxygens (including phenoxy) is 2. The topological polar surface area (TPSA) is 98.8 Å². The summed E-state index contributed by atoms with van der Waals surface area (Å²) in [6, 6.07) is 15.9. The number of nitrogen functional groups attached to an aromatic ring is 1. The highest BCUT2D eigenvalue weighted by Gasteiger charge is 2.13. The van der Waals surface area contributed by atoms with Crippen LogP contribution < -0.4 is 20.5 Å². The summed E-state index contributed by atoms with van der Waals surface area (Å²) in [4.78, 5) is 20.9. The summed E-state index contributed by atoms with van der Waals surface area (Å²) < 4.78 is 10.4. The molecule has 28 heavy (non-hydrogen) atoms. The second kappa shape index (κ2) is 8.68. The van der Waals surface area contributed by atoms with Crippen molar-refractivity contribution in [2.24, 2.45) is 4.99 Å². The maximum atomic E-state index is 12.5. The van der Waals surface area contributed by atoms with E-state index in [0.29, 0.717) is 34.3 Å². The van der Waals surface area contributed by atoms with Crippen LogP contribution in [0.15, 0.2) is 65.8 Å². The molecule has 0 saturated heterocycles. The normalized spacial score (nSPS) is 10.6. The van der Waals surface area contributed by atoms with Crippen LogP contribution in [0.25, 0.3) is 0 Å². The first-order valence-corrected chi connectivity index (χ1v) is 8.48. The smallest absolute Gasteiger partial charge is 0.259 e. The minimum absolute atomic E-state index is 0.274. The third-order valence-electron chi connectivity index (χ3n) is 3.99. The number of benzene rings is 2. The van der Waals surface area contributed by atoms with Crippen LogP contribution in [0.2, 0.25) is 0 Å². The Kier molecular flexibility index (Phi) is 5.86. The number of hydrogen-bond donors (Lipinski definition) is 2. The predicted molar refractivity (Wildman–Crippen MR) is 110 cm³/mol. The number of methoxy groups -OCH3 is 2. The summed E-state index contributed by atoms with van der Waals surface area (Å²) in [7, 11) is 3.07. The second-order valence-corrected chi connectivity index (χ2v) is 5.81. The van der Waals surface area contributed by atoms with Gasteiger partial charge in [-0.1, -0.05) is 12.1 Å². The fourth-order valence-corrected chi connectivity index (χ4v) is 2.50. The van der Waals surface area contributed by atoms with Crippen molar-refractivity contribution in [1.82, 2.24) is 4.98 Å². The number of hydrogen-bond acceptors (Lipinski definition) is 6. The molecule has 0 spiro atoms. The minimum atomic E-state index is -0.274. The zero-order valence-electron chi connectivity index (χ0n) is 15.5. The largest absolute Gasteiger partial charge is 0.497 e. The first-order valence-electron chi connectivity index (χ1n) is 8.48. The third kappa shape index (κ3) is 4.45. The molecule has 0 fully saturated rings. The molecule has 2 aromatic carbocycles. The standard InChI is InChI=1S/C21H20N4O3/c1-27-16-9-10-17(19(12-16)28-2)21(26)25-15-7-5-14(6-8-15)13-24-18-4-3-11-23-20(18)22/h3-13H,1-2H3,(H2,22,23)(H,25,26). The molecule has 0 radical (unpaired) electrons. The molecule has 3 rings (SSSR count). The van der Waals surface area contributed by atoms with Crippen molar-refractivity contribution in [3.63, 3.8) is 0 Å². The van der Waals surface area contributed by atoms with Gasteiger partial charge in [-0.15, -0.1) is 0 Å². The summed E-state index contributed by atoms with van der Waals surface area (Å²) in [5, 5.41) is 2.85. The molecule has 1 amide bonds. The fourth-order valence-electron chi connectivity index (χ4n) is 2.50. The van der Waals surface area contributed by atoms with E-state index in [1.54, 1.807) is 62.0 Å². The van der Waals surface area contributed by atoms with Gasteiger partial charge >= 0.3 is 0 Å². The number of aromatic nitrogens is 1. The quantitative estimate of drug-likeness (QED) is 0.639. The van der Waals surface area contributed by atoms with E-state index in [2.05, 4.69) is 15.3 Å². The minimum Gasteiger partial charge on any atom is -0.497 e. The van der Waals surface area contributed by atoms with E-state index in [1.807, 2.05) is 12.1 Å². The van der Waals surface area contributed by atoms with Crippen molar-refractivity contribution >= 4 is 29.3 Å². The number of nitrogens with two attached hydrogens (primary N) is 1. The molecule has 0 aliphatic heterocycles. The van der Waals surface area contributed by atoms with E-state index in [4.69, 9.17) is 15.2 Å². The lowest BCUT2D eigenvalue weighted by Crippen LogP contribution is -2.13. The molecular weight excluding hydrogens is 356 g/mol. The van der Waals surface area contributed by atoms with Gasteiger partial charge in [0.2, 0.25) is 0 Å². The maximum absolute atomic E-state index is 12.5. The number of aliphatic imine (C=N–C) groups is 1. The van der Waals surface area contributed by atoms with E-state index in [1.165, 1.54) is 7.11 Å². The summed E-state index contributed by atoms with van der Waals surface area (Å²) >= 11 is 0. The number of nitrogens with zero attached hydrogens (tertiary/aromatic N) is 2. The Hall–Kier alpha value is -3.87. The Bertz CT molecular complexity index is 1000.